The van der Waals surface area contributed by atoms with Gasteiger partial charge in [0.05, 0.1) is 5.56 Å². The molecule has 1 unspecified atom stereocenters. The van der Waals surface area contributed by atoms with E-state index >= 15 is 0 Å². The van der Waals surface area contributed by atoms with E-state index in [0.29, 0.717) is 11.5 Å². The standard InChI is InChI=1S/C18H22O2/c1-13-7-6-12-18(2,3)16(13)11-10-14-8-4-5-9-15(14)17(19)20/h4-5,7-11,16H,6,12H2,1-3H3,(H,19,20)/b11-10+. The predicted molar refractivity (Wildman–Crippen MR) is 82.7 cm³/mol. The molecule has 1 aromatic rings. The minimum atomic E-state index is -0.875. The third-order valence-electron chi connectivity index (χ3n) is 4.25. The molecule has 2 nitrogen and oxygen atoms in total. The Balaban J connectivity index is 2.31. The average molecular weight is 270 g/mol. The summed E-state index contributed by atoms with van der Waals surface area (Å²) in [6.45, 7) is 6.72. The van der Waals surface area contributed by atoms with E-state index in [1.165, 1.54) is 12.0 Å². The van der Waals surface area contributed by atoms with Gasteiger partial charge in [-0.3, -0.25) is 0 Å². The predicted octanol–water partition coefficient (Wildman–Crippen LogP) is 4.78. The molecular formula is C18H22O2. The Morgan fingerprint density at radius 2 is 2.05 bits per heavy atom. The van der Waals surface area contributed by atoms with Crippen molar-refractivity contribution in [1.82, 2.24) is 0 Å². The largest absolute Gasteiger partial charge is 0.478 e. The van der Waals surface area contributed by atoms with Crippen LogP contribution in [0.5, 0.6) is 0 Å². The number of aromatic carboxylic acids is 1. The molecule has 1 N–H and O–H groups in total. The van der Waals surface area contributed by atoms with Gasteiger partial charge in [0.25, 0.3) is 0 Å². The number of hydrogen-bond donors (Lipinski definition) is 1. The summed E-state index contributed by atoms with van der Waals surface area (Å²) in [5.41, 5.74) is 2.74. The van der Waals surface area contributed by atoms with Crippen LogP contribution in [0.3, 0.4) is 0 Å². The molecule has 0 fully saturated rings. The monoisotopic (exact) mass is 270 g/mol. The van der Waals surface area contributed by atoms with Crippen LogP contribution in [0.15, 0.2) is 42.0 Å². The molecule has 2 rings (SSSR count). The van der Waals surface area contributed by atoms with Crippen molar-refractivity contribution >= 4 is 12.0 Å². The third-order valence-corrected chi connectivity index (χ3v) is 4.25. The molecule has 1 aliphatic carbocycles. The SMILES string of the molecule is CC1=CCCC(C)(C)C1/C=C/c1ccccc1C(=O)O. The van der Waals surface area contributed by atoms with Crippen molar-refractivity contribution in [3.8, 4) is 0 Å². The van der Waals surface area contributed by atoms with Crippen molar-refractivity contribution in [3.05, 3.63) is 53.1 Å². The summed E-state index contributed by atoms with van der Waals surface area (Å²) in [6.07, 6.45) is 8.71. The summed E-state index contributed by atoms with van der Waals surface area (Å²) in [5, 5.41) is 9.21. The van der Waals surface area contributed by atoms with Crippen LogP contribution in [0.2, 0.25) is 0 Å². The van der Waals surface area contributed by atoms with Gasteiger partial charge in [0.2, 0.25) is 0 Å². The highest BCUT2D eigenvalue weighted by Crippen LogP contribution is 2.41. The van der Waals surface area contributed by atoms with Gasteiger partial charge < -0.3 is 5.11 Å². The van der Waals surface area contributed by atoms with E-state index in [0.717, 1.165) is 12.0 Å². The topological polar surface area (TPSA) is 37.3 Å². The molecule has 0 saturated heterocycles. The molecule has 0 bridgehead atoms. The van der Waals surface area contributed by atoms with E-state index < -0.39 is 5.97 Å². The molecule has 0 aromatic heterocycles. The van der Waals surface area contributed by atoms with E-state index in [4.69, 9.17) is 0 Å². The number of hydrogen-bond acceptors (Lipinski definition) is 1. The maximum atomic E-state index is 11.2. The van der Waals surface area contributed by atoms with Crippen LogP contribution < -0.4 is 0 Å². The molecule has 2 heteroatoms. The molecule has 0 spiro atoms. The zero-order valence-corrected chi connectivity index (χ0v) is 12.4. The normalized spacial score (nSPS) is 21.8. The van der Waals surface area contributed by atoms with Crippen molar-refractivity contribution in [1.29, 1.82) is 0 Å². The summed E-state index contributed by atoms with van der Waals surface area (Å²) in [5.74, 6) is -0.501. The highest BCUT2D eigenvalue weighted by molar-refractivity contribution is 5.92. The van der Waals surface area contributed by atoms with Crippen LogP contribution in [0.1, 0.15) is 49.5 Å². The second-order valence-corrected chi connectivity index (χ2v) is 6.20. The minimum absolute atomic E-state index is 0.230. The van der Waals surface area contributed by atoms with Crippen LogP contribution in [-0.2, 0) is 0 Å². The average Bonchev–Trinajstić information content (AvgIpc) is 2.37. The number of carbonyl (C=O) groups is 1. The highest BCUT2D eigenvalue weighted by atomic mass is 16.4. The van der Waals surface area contributed by atoms with Crippen molar-refractivity contribution < 1.29 is 9.90 Å². The Kier molecular flexibility index (Phi) is 4.12. The van der Waals surface area contributed by atoms with Crippen molar-refractivity contribution in [2.45, 2.75) is 33.6 Å². The zero-order chi connectivity index (χ0) is 14.8. The fourth-order valence-corrected chi connectivity index (χ4v) is 3.02. The summed E-state index contributed by atoms with van der Waals surface area (Å²) in [6, 6.07) is 7.14. The molecule has 1 atom stereocenters. The fourth-order valence-electron chi connectivity index (χ4n) is 3.02. The van der Waals surface area contributed by atoms with Gasteiger partial charge in [-0.2, -0.15) is 0 Å². The molecule has 20 heavy (non-hydrogen) atoms. The number of rotatable bonds is 3. The molecule has 1 aliphatic rings. The Morgan fingerprint density at radius 1 is 1.35 bits per heavy atom. The van der Waals surface area contributed by atoms with E-state index in [1.807, 2.05) is 18.2 Å². The first-order chi connectivity index (χ1) is 9.42. The molecule has 0 aliphatic heterocycles. The summed E-state index contributed by atoms with van der Waals surface area (Å²) < 4.78 is 0. The van der Waals surface area contributed by atoms with Crippen LogP contribution in [0.4, 0.5) is 0 Å². The van der Waals surface area contributed by atoms with E-state index in [9.17, 15) is 9.90 Å². The van der Waals surface area contributed by atoms with Gasteiger partial charge in [0.1, 0.15) is 0 Å². The zero-order valence-electron chi connectivity index (χ0n) is 12.4. The van der Waals surface area contributed by atoms with Gasteiger partial charge in [-0.15, -0.1) is 0 Å². The van der Waals surface area contributed by atoms with Crippen molar-refractivity contribution in [3.63, 3.8) is 0 Å². The molecular weight excluding hydrogens is 248 g/mol. The molecule has 106 valence electrons. The van der Waals surface area contributed by atoms with Crippen LogP contribution in [-0.4, -0.2) is 11.1 Å². The van der Waals surface area contributed by atoms with Crippen LogP contribution in [0.25, 0.3) is 6.08 Å². The van der Waals surface area contributed by atoms with Gasteiger partial charge in [-0.25, -0.2) is 4.79 Å². The van der Waals surface area contributed by atoms with Gasteiger partial charge in [0, 0.05) is 5.92 Å². The van der Waals surface area contributed by atoms with Crippen molar-refractivity contribution in [2.24, 2.45) is 11.3 Å². The number of carboxylic acids is 1. The Morgan fingerprint density at radius 3 is 2.70 bits per heavy atom. The Bertz CT molecular complexity index is 565. The van der Waals surface area contributed by atoms with Crippen LogP contribution in [0, 0.1) is 11.3 Å². The molecule has 0 heterocycles. The number of carboxylic acid groups (broad SMARTS) is 1. The van der Waals surface area contributed by atoms with E-state index in [2.05, 4.69) is 32.9 Å². The molecule has 0 radical (unpaired) electrons. The van der Waals surface area contributed by atoms with Gasteiger partial charge in [0.15, 0.2) is 0 Å². The van der Waals surface area contributed by atoms with Crippen molar-refractivity contribution in [2.75, 3.05) is 0 Å². The molecule has 1 aromatic carbocycles. The minimum Gasteiger partial charge on any atom is -0.478 e. The lowest BCUT2D eigenvalue weighted by Gasteiger charge is -2.36. The van der Waals surface area contributed by atoms with E-state index in [-0.39, 0.29) is 5.41 Å². The highest BCUT2D eigenvalue weighted by Gasteiger charge is 2.30. The second kappa shape index (κ2) is 5.66. The summed E-state index contributed by atoms with van der Waals surface area (Å²) in [4.78, 5) is 11.2. The molecule has 0 saturated carbocycles. The maximum Gasteiger partial charge on any atom is 0.336 e. The third kappa shape index (κ3) is 3.01. The lowest BCUT2D eigenvalue weighted by Crippen LogP contribution is -2.26. The Labute approximate surface area is 120 Å². The lowest BCUT2D eigenvalue weighted by atomic mass is 9.68. The second-order valence-electron chi connectivity index (χ2n) is 6.20. The summed E-state index contributed by atoms with van der Waals surface area (Å²) >= 11 is 0. The summed E-state index contributed by atoms with van der Waals surface area (Å²) in [7, 11) is 0. The molecule has 0 amide bonds. The smallest absolute Gasteiger partial charge is 0.336 e. The first-order valence-corrected chi connectivity index (χ1v) is 7.09. The van der Waals surface area contributed by atoms with Crippen LogP contribution >= 0.6 is 0 Å². The fraction of sp³-hybridized carbons (Fsp3) is 0.389. The Hall–Kier alpha value is -1.83. The first-order valence-electron chi connectivity index (χ1n) is 7.09. The quantitative estimate of drug-likeness (QED) is 0.802. The number of benzene rings is 1. The lowest BCUT2D eigenvalue weighted by molar-refractivity contribution is 0.0696. The van der Waals surface area contributed by atoms with Gasteiger partial charge in [-0.1, -0.05) is 55.8 Å². The van der Waals surface area contributed by atoms with Gasteiger partial charge >= 0.3 is 5.97 Å². The maximum absolute atomic E-state index is 11.2. The number of allylic oxidation sites excluding steroid dienone is 3. The van der Waals surface area contributed by atoms with E-state index in [1.54, 1.807) is 12.1 Å². The van der Waals surface area contributed by atoms with Gasteiger partial charge in [-0.05, 0) is 36.8 Å². The first kappa shape index (κ1) is 14.6.